The number of benzene rings is 2. The molecule has 0 saturated heterocycles. The molecule has 0 fully saturated rings. The van der Waals surface area contributed by atoms with Gasteiger partial charge in [0, 0.05) is 21.8 Å². The first-order chi connectivity index (χ1) is 11.3. The van der Waals surface area contributed by atoms with E-state index in [-0.39, 0.29) is 17.1 Å². The van der Waals surface area contributed by atoms with E-state index in [9.17, 15) is 9.59 Å². The molecule has 2 rings (SSSR count). The highest BCUT2D eigenvalue weighted by atomic mass is 79.9. The smallest absolute Gasteiger partial charge is 0.248 e. The fourth-order valence-corrected chi connectivity index (χ4v) is 2.36. The average Bonchev–Trinajstić information content (AvgIpc) is 2.53. The highest BCUT2D eigenvalue weighted by Gasteiger charge is 2.13. The van der Waals surface area contributed by atoms with E-state index in [1.165, 1.54) is 17.7 Å². The molecule has 0 aliphatic heterocycles. The quantitative estimate of drug-likeness (QED) is 0.585. The minimum absolute atomic E-state index is 0.0690. The number of hydrogen-bond acceptors (Lipinski definition) is 2. The summed E-state index contributed by atoms with van der Waals surface area (Å²) in [6.07, 6.45) is 2.53. The van der Waals surface area contributed by atoms with Crippen LogP contribution in [0.3, 0.4) is 0 Å². The molecule has 0 bridgehead atoms. The van der Waals surface area contributed by atoms with Gasteiger partial charge < -0.3 is 5.32 Å². The molecule has 2 aromatic carbocycles. The fourth-order valence-electron chi connectivity index (χ4n) is 2.10. The Balaban J connectivity index is 1.97. The zero-order valence-electron chi connectivity index (χ0n) is 14.0. The number of allylic oxidation sites excluding steroid dienone is 1. The van der Waals surface area contributed by atoms with Crippen LogP contribution in [0.1, 0.15) is 36.7 Å². The molecule has 0 atom stereocenters. The van der Waals surface area contributed by atoms with Gasteiger partial charge in [0.2, 0.25) is 5.91 Å². The highest BCUT2D eigenvalue weighted by molar-refractivity contribution is 9.10. The molecule has 124 valence electrons. The third-order valence-corrected chi connectivity index (χ3v) is 4.06. The van der Waals surface area contributed by atoms with E-state index in [1.807, 2.05) is 24.3 Å². The average molecular weight is 386 g/mol. The van der Waals surface area contributed by atoms with Crippen LogP contribution < -0.4 is 5.32 Å². The summed E-state index contributed by atoms with van der Waals surface area (Å²) in [6.45, 7) is 6.41. The molecular formula is C20H20BrNO2. The predicted molar refractivity (Wildman–Crippen MR) is 101 cm³/mol. The third kappa shape index (κ3) is 5.17. The first-order valence-corrected chi connectivity index (χ1v) is 8.44. The van der Waals surface area contributed by atoms with Crippen LogP contribution in [-0.2, 0) is 10.2 Å². The van der Waals surface area contributed by atoms with E-state index < -0.39 is 0 Å². The lowest BCUT2D eigenvalue weighted by Gasteiger charge is -2.19. The Bertz CT molecular complexity index is 754. The van der Waals surface area contributed by atoms with Crippen molar-refractivity contribution in [2.24, 2.45) is 0 Å². The Morgan fingerprint density at radius 1 is 0.917 bits per heavy atom. The van der Waals surface area contributed by atoms with Crippen molar-refractivity contribution in [3.05, 3.63) is 76.3 Å². The number of amides is 1. The summed E-state index contributed by atoms with van der Waals surface area (Å²) in [6, 6.07) is 14.7. The Hall–Kier alpha value is -2.20. The van der Waals surface area contributed by atoms with Gasteiger partial charge in [0.25, 0.3) is 0 Å². The second-order valence-corrected chi connectivity index (χ2v) is 7.44. The molecule has 2 aromatic rings. The van der Waals surface area contributed by atoms with Crippen LogP contribution in [0.5, 0.6) is 0 Å². The molecule has 0 saturated carbocycles. The maximum absolute atomic E-state index is 12.0. The molecule has 0 spiro atoms. The number of carbonyl (C=O) groups excluding carboxylic acids is 2. The maximum atomic E-state index is 12.0. The Labute approximate surface area is 150 Å². The Morgan fingerprint density at radius 2 is 1.50 bits per heavy atom. The van der Waals surface area contributed by atoms with Crippen LogP contribution in [0.2, 0.25) is 0 Å². The van der Waals surface area contributed by atoms with Gasteiger partial charge in [-0.15, -0.1) is 0 Å². The monoisotopic (exact) mass is 385 g/mol. The van der Waals surface area contributed by atoms with Crippen molar-refractivity contribution >= 4 is 33.3 Å². The van der Waals surface area contributed by atoms with E-state index in [2.05, 4.69) is 42.0 Å². The van der Waals surface area contributed by atoms with Gasteiger partial charge in [0.15, 0.2) is 5.78 Å². The SMILES string of the molecule is CC(C)(C)c1ccc(NC(=O)/C=C/C(=O)c2ccc(Br)cc2)cc1. The van der Waals surface area contributed by atoms with Gasteiger partial charge in [-0.05, 0) is 53.5 Å². The topological polar surface area (TPSA) is 46.2 Å². The van der Waals surface area contributed by atoms with Crippen LogP contribution >= 0.6 is 15.9 Å². The minimum Gasteiger partial charge on any atom is -0.323 e. The lowest BCUT2D eigenvalue weighted by molar-refractivity contribution is -0.111. The van der Waals surface area contributed by atoms with Gasteiger partial charge in [-0.2, -0.15) is 0 Å². The number of nitrogens with one attached hydrogen (secondary N) is 1. The first-order valence-electron chi connectivity index (χ1n) is 7.65. The summed E-state index contributed by atoms with van der Waals surface area (Å²) in [5.74, 6) is -0.537. The van der Waals surface area contributed by atoms with Crippen molar-refractivity contribution in [3.8, 4) is 0 Å². The third-order valence-electron chi connectivity index (χ3n) is 3.53. The van der Waals surface area contributed by atoms with Crippen LogP contribution in [0.4, 0.5) is 5.69 Å². The molecule has 3 nitrogen and oxygen atoms in total. The summed E-state index contributed by atoms with van der Waals surface area (Å²) < 4.78 is 0.902. The van der Waals surface area contributed by atoms with Crippen molar-refractivity contribution in [3.63, 3.8) is 0 Å². The van der Waals surface area contributed by atoms with E-state index in [0.717, 1.165) is 4.47 Å². The van der Waals surface area contributed by atoms with Crippen molar-refractivity contribution < 1.29 is 9.59 Å². The molecule has 1 N–H and O–H groups in total. The predicted octanol–water partition coefficient (Wildman–Crippen LogP) is 5.12. The van der Waals surface area contributed by atoms with Crippen LogP contribution in [0.25, 0.3) is 0 Å². The molecule has 0 aromatic heterocycles. The summed E-state index contributed by atoms with van der Waals surface area (Å²) in [7, 11) is 0. The first kappa shape index (κ1) is 18.1. The number of carbonyl (C=O) groups is 2. The normalized spacial score (nSPS) is 11.5. The highest BCUT2D eigenvalue weighted by Crippen LogP contribution is 2.23. The lowest BCUT2D eigenvalue weighted by atomic mass is 9.87. The van der Waals surface area contributed by atoms with Gasteiger partial charge >= 0.3 is 0 Å². The summed E-state index contributed by atoms with van der Waals surface area (Å²) in [5, 5.41) is 2.75. The van der Waals surface area contributed by atoms with Crippen molar-refractivity contribution in [1.82, 2.24) is 0 Å². The standard InChI is InChI=1S/C20H20BrNO2/c1-20(2,3)15-6-10-17(11-7-15)22-19(24)13-12-18(23)14-4-8-16(21)9-5-14/h4-13H,1-3H3,(H,22,24)/b13-12+. The van der Waals surface area contributed by atoms with E-state index in [0.29, 0.717) is 11.3 Å². The zero-order chi connectivity index (χ0) is 17.7. The van der Waals surface area contributed by atoms with Crippen molar-refractivity contribution in [2.75, 3.05) is 5.32 Å². The van der Waals surface area contributed by atoms with Crippen molar-refractivity contribution in [2.45, 2.75) is 26.2 Å². The number of anilines is 1. The molecule has 1 amide bonds. The summed E-state index contributed by atoms with van der Waals surface area (Å²) >= 11 is 3.32. The number of ketones is 1. The molecule has 0 unspecified atom stereocenters. The Morgan fingerprint density at radius 3 is 2.04 bits per heavy atom. The summed E-state index contributed by atoms with van der Waals surface area (Å²) in [5.41, 5.74) is 2.51. The second kappa shape index (κ2) is 7.58. The molecule has 0 aliphatic carbocycles. The van der Waals surface area contributed by atoms with E-state index in [4.69, 9.17) is 0 Å². The second-order valence-electron chi connectivity index (χ2n) is 6.52. The molecule has 0 heterocycles. The summed E-state index contributed by atoms with van der Waals surface area (Å²) in [4.78, 5) is 23.9. The van der Waals surface area contributed by atoms with Crippen molar-refractivity contribution in [1.29, 1.82) is 0 Å². The molecule has 4 heteroatoms. The van der Waals surface area contributed by atoms with E-state index >= 15 is 0 Å². The Kier molecular flexibility index (Phi) is 5.73. The minimum atomic E-state index is -0.330. The van der Waals surface area contributed by atoms with Gasteiger partial charge in [-0.1, -0.05) is 48.8 Å². The fraction of sp³-hybridized carbons (Fsp3) is 0.200. The van der Waals surface area contributed by atoms with Gasteiger partial charge in [0.05, 0.1) is 0 Å². The maximum Gasteiger partial charge on any atom is 0.248 e. The lowest BCUT2D eigenvalue weighted by Crippen LogP contribution is -2.12. The molecular weight excluding hydrogens is 366 g/mol. The molecule has 24 heavy (non-hydrogen) atoms. The number of hydrogen-bond donors (Lipinski definition) is 1. The van der Waals surface area contributed by atoms with Gasteiger partial charge in [-0.3, -0.25) is 9.59 Å². The van der Waals surface area contributed by atoms with Crippen LogP contribution in [-0.4, -0.2) is 11.7 Å². The van der Waals surface area contributed by atoms with Gasteiger partial charge in [0.1, 0.15) is 0 Å². The van der Waals surface area contributed by atoms with Crippen LogP contribution in [0, 0.1) is 0 Å². The number of halogens is 1. The molecule has 0 radical (unpaired) electrons. The van der Waals surface area contributed by atoms with Gasteiger partial charge in [-0.25, -0.2) is 0 Å². The largest absolute Gasteiger partial charge is 0.323 e. The zero-order valence-corrected chi connectivity index (χ0v) is 15.6. The molecule has 0 aliphatic rings. The number of rotatable bonds is 4. The van der Waals surface area contributed by atoms with Crippen LogP contribution in [0.15, 0.2) is 65.2 Å². The van der Waals surface area contributed by atoms with E-state index in [1.54, 1.807) is 24.3 Å².